The van der Waals surface area contributed by atoms with Crippen LogP contribution in [0.4, 0.5) is 5.69 Å². The van der Waals surface area contributed by atoms with Crippen LogP contribution in [0.3, 0.4) is 0 Å². The molecule has 0 bridgehead atoms. The highest BCUT2D eigenvalue weighted by Gasteiger charge is 2.45. The maximum atomic E-state index is 10.7. The Bertz CT molecular complexity index is 451. The zero-order valence-electron chi connectivity index (χ0n) is 7.47. The number of nitrogens with zero attached hydrogens (tertiary/aromatic N) is 1. The Hall–Kier alpha value is -1.64. The molecule has 1 aliphatic carbocycles. The molecular formula is C11H9NO2. The summed E-state index contributed by atoms with van der Waals surface area (Å²) < 4.78 is 0. The van der Waals surface area contributed by atoms with Gasteiger partial charge in [-0.15, -0.1) is 0 Å². The van der Waals surface area contributed by atoms with Crippen LogP contribution in [0.25, 0.3) is 0 Å². The number of rotatable bonds is 2. The van der Waals surface area contributed by atoms with Gasteiger partial charge in [0.05, 0.1) is 11.6 Å². The topological polar surface area (TPSA) is 49.7 Å². The Morgan fingerprint density at radius 3 is 2.93 bits per heavy atom. The van der Waals surface area contributed by atoms with Gasteiger partial charge in [-0.1, -0.05) is 18.2 Å². The number of aliphatic imine (C=N–C) groups is 1. The molecule has 1 saturated carbocycles. The van der Waals surface area contributed by atoms with Gasteiger partial charge in [0.1, 0.15) is 0 Å². The second-order valence-electron chi connectivity index (χ2n) is 3.83. The molecule has 3 rings (SSSR count). The van der Waals surface area contributed by atoms with Crippen molar-refractivity contribution in [2.24, 2.45) is 10.9 Å². The highest BCUT2D eigenvalue weighted by Crippen LogP contribution is 2.51. The third kappa shape index (κ3) is 0.923. The Balaban J connectivity index is 1.94. The molecule has 1 aliphatic heterocycles. The van der Waals surface area contributed by atoms with Crippen molar-refractivity contribution in [2.45, 2.75) is 12.3 Å². The smallest absolute Gasteiger partial charge is 0.307 e. The summed E-state index contributed by atoms with van der Waals surface area (Å²) in [5.41, 5.74) is 3.25. The Morgan fingerprint density at radius 2 is 2.36 bits per heavy atom. The third-order valence-electron chi connectivity index (χ3n) is 2.94. The van der Waals surface area contributed by atoms with Gasteiger partial charge in [-0.2, -0.15) is 0 Å². The molecule has 0 aromatic heterocycles. The number of fused-ring (bicyclic) bond motifs is 1. The largest absolute Gasteiger partial charge is 0.481 e. The quantitative estimate of drug-likeness (QED) is 0.781. The lowest BCUT2D eigenvalue weighted by molar-refractivity contribution is -0.138. The van der Waals surface area contributed by atoms with E-state index in [0.29, 0.717) is 0 Å². The predicted octanol–water partition coefficient (Wildman–Crippen LogP) is 1.94. The molecule has 1 aromatic carbocycles. The summed E-state index contributed by atoms with van der Waals surface area (Å²) in [5, 5.41) is 8.82. The Labute approximate surface area is 81.1 Å². The first-order valence-electron chi connectivity index (χ1n) is 4.67. The van der Waals surface area contributed by atoms with Gasteiger partial charge in [0.25, 0.3) is 0 Å². The minimum Gasteiger partial charge on any atom is -0.481 e. The van der Waals surface area contributed by atoms with Crippen molar-refractivity contribution in [1.82, 2.24) is 0 Å². The van der Waals surface area contributed by atoms with Crippen LogP contribution in [-0.2, 0) is 4.79 Å². The number of carboxylic acid groups (broad SMARTS) is 1. The summed E-state index contributed by atoms with van der Waals surface area (Å²) in [6, 6.07) is 5.96. The molecule has 2 unspecified atom stereocenters. The van der Waals surface area contributed by atoms with Crippen LogP contribution in [0.1, 0.15) is 23.5 Å². The number of benzene rings is 1. The van der Waals surface area contributed by atoms with E-state index in [1.807, 2.05) is 24.4 Å². The summed E-state index contributed by atoms with van der Waals surface area (Å²) in [7, 11) is 0. The molecule has 0 spiro atoms. The molecule has 14 heavy (non-hydrogen) atoms. The van der Waals surface area contributed by atoms with Crippen molar-refractivity contribution < 1.29 is 9.90 Å². The highest BCUT2D eigenvalue weighted by molar-refractivity contribution is 5.98. The number of hydrogen-bond acceptors (Lipinski definition) is 2. The van der Waals surface area contributed by atoms with Crippen LogP contribution in [0.2, 0.25) is 0 Å². The van der Waals surface area contributed by atoms with Crippen molar-refractivity contribution >= 4 is 17.9 Å². The normalized spacial score (nSPS) is 26.6. The first-order chi connectivity index (χ1) is 6.77. The van der Waals surface area contributed by atoms with Gasteiger partial charge in [0.15, 0.2) is 0 Å². The first kappa shape index (κ1) is 7.74. The predicted molar refractivity (Wildman–Crippen MR) is 52.2 cm³/mol. The molecular weight excluding hydrogens is 178 g/mol. The molecule has 70 valence electrons. The van der Waals surface area contributed by atoms with E-state index in [1.165, 1.54) is 0 Å². The van der Waals surface area contributed by atoms with E-state index in [0.717, 1.165) is 23.2 Å². The lowest BCUT2D eigenvalue weighted by Gasteiger charge is -2.13. The fraction of sp³-hybridized carbons (Fsp3) is 0.273. The van der Waals surface area contributed by atoms with Gasteiger partial charge in [-0.3, -0.25) is 9.79 Å². The summed E-state index contributed by atoms with van der Waals surface area (Å²) in [6.07, 6.45) is 2.58. The van der Waals surface area contributed by atoms with E-state index in [9.17, 15) is 4.79 Å². The molecule has 1 heterocycles. The monoisotopic (exact) mass is 187 g/mol. The van der Waals surface area contributed by atoms with Crippen LogP contribution < -0.4 is 0 Å². The van der Waals surface area contributed by atoms with Gasteiger partial charge in [-0.25, -0.2) is 0 Å². The van der Waals surface area contributed by atoms with Crippen LogP contribution >= 0.6 is 0 Å². The van der Waals surface area contributed by atoms with Gasteiger partial charge < -0.3 is 5.11 Å². The van der Waals surface area contributed by atoms with Crippen LogP contribution in [0, 0.1) is 5.92 Å². The number of hydrogen-bond donors (Lipinski definition) is 1. The molecule has 0 amide bonds. The molecule has 1 aromatic rings. The highest BCUT2D eigenvalue weighted by atomic mass is 16.4. The van der Waals surface area contributed by atoms with E-state index < -0.39 is 5.97 Å². The van der Waals surface area contributed by atoms with Crippen molar-refractivity contribution in [3.8, 4) is 0 Å². The number of carbonyl (C=O) groups is 1. The standard InChI is InChI=1S/C11H9NO2/c13-11(14)9-4-8(9)7-3-1-2-6-5-12-10(6)7/h1-3,5,8-9H,4H2,(H,13,14). The zero-order chi connectivity index (χ0) is 9.71. The molecule has 1 N–H and O–H groups in total. The van der Waals surface area contributed by atoms with Gasteiger partial charge in [-0.05, 0) is 12.0 Å². The summed E-state index contributed by atoms with van der Waals surface area (Å²) >= 11 is 0. The van der Waals surface area contributed by atoms with Crippen molar-refractivity contribution in [3.63, 3.8) is 0 Å². The lowest BCUT2D eigenvalue weighted by Crippen LogP contribution is -2.01. The van der Waals surface area contributed by atoms with E-state index in [-0.39, 0.29) is 11.8 Å². The molecule has 2 aliphatic rings. The maximum Gasteiger partial charge on any atom is 0.307 e. The second-order valence-corrected chi connectivity index (χ2v) is 3.83. The van der Waals surface area contributed by atoms with Gasteiger partial charge in [0, 0.05) is 17.7 Å². The van der Waals surface area contributed by atoms with Gasteiger partial charge >= 0.3 is 5.97 Å². The van der Waals surface area contributed by atoms with Crippen LogP contribution in [0.5, 0.6) is 0 Å². The zero-order valence-corrected chi connectivity index (χ0v) is 7.47. The Kier molecular flexibility index (Phi) is 1.35. The third-order valence-corrected chi connectivity index (χ3v) is 2.94. The summed E-state index contributed by atoms with van der Waals surface area (Å²) in [6.45, 7) is 0. The SMILES string of the molecule is O=C(O)C1CC1c1cccc2c1N=C2. The van der Waals surface area contributed by atoms with Crippen molar-refractivity contribution in [2.75, 3.05) is 0 Å². The molecule has 3 heteroatoms. The fourth-order valence-electron chi connectivity index (χ4n) is 2.01. The minimum absolute atomic E-state index is 0.183. The fourth-order valence-corrected chi connectivity index (χ4v) is 2.01. The van der Waals surface area contributed by atoms with Gasteiger partial charge in [0.2, 0.25) is 0 Å². The van der Waals surface area contributed by atoms with Crippen LogP contribution in [-0.4, -0.2) is 17.3 Å². The molecule has 0 radical (unpaired) electrons. The molecule has 3 nitrogen and oxygen atoms in total. The molecule has 2 atom stereocenters. The molecule has 0 saturated heterocycles. The lowest BCUT2D eigenvalue weighted by atomic mass is 10.00. The van der Waals surface area contributed by atoms with E-state index >= 15 is 0 Å². The van der Waals surface area contributed by atoms with Crippen LogP contribution in [0.15, 0.2) is 23.2 Å². The van der Waals surface area contributed by atoms with Crippen molar-refractivity contribution in [1.29, 1.82) is 0 Å². The first-order valence-corrected chi connectivity index (χ1v) is 4.67. The number of aliphatic carboxylic acids is 1. The van der Waals surface area contributed by atoms with Crippen molar-refractivity contribution in [3.05, 3.63) is 29.3 Å². The summed E-state index contributed by atoms with van der Waals surface area (Å²) in [5.74, 6) is -0.673. The average molecular weight is 187 g/mol. The average Bonchev–Trinajstić information content (AvgIpc) is 2.85. The Morgan fingerprint density at radius 1 is 1.50 bits per heavy atom. The second kappa shape index (κ2) is 2.44. The number of para-hydroxylation sites is 1. The van der Waals surface area contributed by atoms with E-state index in [4.69, 9.17) is 5.11 Å². The van der Waals surface area contributed by atoms with E-state index in [2.05, 4.69) is 4.99 Å². The summed E-state index contributed by atoms with van der Waals surface area (Å²) in [4.78, 5) is 14.9. The van der Waals surface area contributed by atoms with E-state index in [1.54, 1.807) is 0 Å². The number of carboxylic acids is 1. The maximum absolute atomic E-state index is 10.7. The minimum atomic E-state index is -0.684. The molecule has 1 fully saturated rings.